The van der Waals surface area contributed by atoms with E-state index in [2.05, 4.69) is 31.3 Å². The maximum atomic E-state index is 12.3. The molecular formula is C30H28N6O2. The molecule has 2 aliphatic rings. The molecule has 2 heterocycles. The fraction of sp³-hybridized carbons (Fsp3) is 0.133. The molecule has 0 unspecified atom stereocenters. The summed E-state index contributed by atoms with van der Waals surface area (Å²) in [6.45, 7) is 3.29. The van der Waals surface area contributed by atoms with Gasteiger partial charge in [0.25, 0.3) is 0 Å². The van der Waals surface area contributed by atoms with E-state index in [0.717, 1.165) is 71.5 Å². The van der Waals surface area contributed by atoms with Gasteiger partial charge < -0.3 is 21.3 Å². The van der Waals surface area contributed by atoms with E-state index < -0.39 is 0 Å². The number of hydrogen-bond donors (Lipinski definition) is 4. The molecule has 190 valence electrons. The fourth-order valence-electron chi connectivity index (χ4n) is 4.04. The summed E-state index contributed by atoms with van der Waals surface area (Å²) in [4.78, 5) is 33.4. The molecule has 0 spiro atoms. The van der Waals surface area contributed by atoms with Gasteiger partial charge in [-0.25, -0.2) is 0 Å². The molecule has 4 N–H and O–H groups in total. The van der Waals surface area contributed by atoms with Crippen molar-refractivity contribution >= 4 is 47.0 Å². The Balaban J connectivity index is 1.09. The molecule has 0 saturated heterocycles. The van der Waals surface area contributed by atoms with E-state index in [-0.39, 0.29) is 11.8 Å². The van der Waals surface area contributed by atoms with Crippen molar-refractivity contribution in [2.45, 2.75) is 0 Å². The Bertz CT molecular complexity index is 1310. The summed E-state index contributed by atoms with van der Waals surface area (Å²) in [5, 5.41) is 12.2. The Morgan fingerprint density at radius 2 is 1.00 bits per heavy atom. The zero-order valence-corrected chi connectivity index (χ0v) is 20.8. The maximum absolute atomic E-state index is 12.3. The smallest absolute Gasteiger partial charge is 0.248 e. The molecule has 38 heavy (non-hydrogen) atoms. The number of hydrogen-bond acceptors (Lipinski definition) is 6. The minimum Gasteiger partial charge on any atom is -0.368 e. The van der Waals surface area contributed by atoms with Gasteiger partial charge in [-0.2, -0.15) is 0 Å². The zero-order valence-electron chi connectivity index (χ0n) is 20.8. The van der Waals surface area contributed by atoms with E-state index in [1.165, 1.54) is 12.2 Å². The van der Waals surface area contributed by atoms with Crippen LogP contribution in [0.2, 0.25) is 0 Å². The highest BCUT2D eigenvalue weighted by atomic mass is 16.2. The van der Waals surface area contributed by atoms with Crippen LogP contribution in [0.25, 0.3) is 12.2 Å². The molecule has 3 aromatic carbocycles. The number of carbonyl (C=O) groups excluding carboxylic acids is 2. The van der Waals surface area contributed by atoms with Crippen molar-refractivity contribution in [2.75, 3.05) is 36.8 Å². The lowest BCUT2D eigenvalue weighted by atomic mass is 10.1. The third kappa shape index (κ3) is 6.61. The average molecular weight is 509 g/mol. The number of benzene rings is 3. The van der Waals surface area contributed by atoms with Gasteiger partial charge in [-0.05, 0) is 71.8 Å². The van der Waals surface area contributed by atoms with Crippen molar-refractivity contribution in [3.63, 3.8) is 0 Å². The molecule has 0 radical (unpaired) electrons. The van der Waals surface area contributed by atoms with Crippen molar-refractivity contribution in [2.24, 2.45) is 9.98 Å². The van der Waals surface area contributed by atoms with Gasteiger partial charge in [-0.1, -0.05) is 24.3 Å². The van der Waals surface area contributed by atoms with Crippen LogP contribution in [0.3, 0.4) is 0 Å². The second kappa shape index (κ2) is 11.8. The Morgan fingerprint density at radius 3 is 1.34 bits per heavy atom. The Kier molecular flexibility index (Phi) is 7.69. The normalized spacial score (nSPS) is 14.6. The van der Waals surface area contributed by atoms with Crippen molar-refractivity contribution in [3.8, 4) is 0 Å². The third-order valence-corrected chi connectivity index (χ3v) is 5.99. The first-order valence-corrected chi connectivity index (χ1v) is 12.5. The molecule has 0 aromatic heterocycles. The largest absolute Gasteiger partial charge is 0.368 e. The van der Waals surface area contributed by atoms with Crippen LogP contribution in [0.4, 0.5) is 11.4 Å². The van der Waals surface area contributed by atoms with E-state index in [9.17, 15) is 9.59 Å². The lowest BCUT2D eigenvalue weighted by Gasteiger charge is -2.05. The SMILES string of the molecule is O=[13C](/[13CH]=C/c1ccc(/C=[13CH]/[13C](=O)Nc2ccc(C3=NCCN3)cc2)cc1)Nc1ccc(C2=NCCN2)cc1. The molecule has 0 aliphatic carbocycles. The second-order valence-electron chi connectivity index (χ2n) is 8.78. The molecule has 0 bridgehead atoms. The average Bonchev–Trinajstić information content (AvgIpc) is 3.68. The number of carbonyl (C=O) groups is 2. The summed E-state index contributed by atoms with van der Waals surface area (Å²) in [6, 6.07) is 22.7. The standard InChI is InChI=1S/C30H28N6O2/c37-27(35-25-11-7-23(8-12-25)29-31-17-18-32-29)15-5-21-1-2-22(4-3-21)6-16-28(38)36-26-13-9-24(10-14-26)30-33-19-20-34-30/h1-16H,17-20H2,(H,31,32)(H,33,34)(H,35,37)(H,36,38)/b15-5+,16-6+/i15+1,16+1,27+1,28+1. The Morgan fingerprint density at radius 1 is 0.605 bits per heavy atom. The topological polar surface area (TPSA) is 107 Å². The van der Waals surface area contributed by atoms with Crippen LogP contribution >= 0.6 is 0 Å². The van der Waals surface area contributed by atoms with Crippen LogP contribution in [0, 0.1) is 0 Å². The maximum Gasteiger partial charge on any atom is 0.248 e. The second-order valence-corrected chi connectivity index (χ2v) is 8.78. The number of rotatable bonds is 8. The Labute approximate surface area is 221 Å². The van der Waals surface area contributed by atoms with E-state index in [1.54, 1.807) is 12.2 Å². The molecule has 8 heteroatoms. The van der Waals surface area contributed by atoms with Gasteiger partial charge >= 0.3 is 0 Å². The third-order valence-electron chi connectivity index (χ3n) is 5.99. The summed E-state index contributed by atoms with van der Waals surface area (Å²) in [5.41, 5.74) is 5.20. The van der Waals surface area contributed by atoms with Crippen molar-refractivity contribution in [3.05, 3.63) is 107 Å². The number of nitrogens with zero attached hydrogens (tertiary/aromatic N) is 2. The van der Waals surface area contributed by atoms with Gasteiger partial charge in [-0.3, -0.25) is 19.6 Å². The minimum absolute atomic E-state index is 0.213. The predicted octanol–water partition coefficient (Wildman–Crippen LogP) is 3.69. The predicted molar refractivity (Wildman–Crippen MR) is 153 cm³/mol. The monoisotopic (exact) mass is 508 g/mol. The minimum atomic E-state index is -0.213. The molecule has 0 atom stereocenters. The molecule has 2 aliphatic heterocycles. The zero-order chi connectivity index (χ0) is 26.2. The van der Waals surface area contributed by atoms with Crippen LogP contribution in [0.1, 0.15) is 22.3 Å². The van der Waals surface area contributed by atoms with E-state index >= 15 is 0 Å². The molecule has 0 fully saturated rings. The quantitative estimate of drug-likeness (QED) is 0.275. The first kappa shape index (κ1) is 24.7. The van der Waals surface area contributed by atoms with Crippen LogP contribution in [-0.2, 0) is 9.59 Å². The van der Waals surface area contributed by atoms with Gasteiger partial charge in [0, 0.05) is 47.7 Å². The fourth-order valence-corrected chi connectivity index (χ4v) is 4.04. The summed E-state index contributed by atoms with van der Waals surface area (Å²) >= 11 is 0. The van der Waals surface area contributed by atoms with Crippen LogP contribution in [0.5, 0.6) is 0 Å². The van der Waals surface area contributed by atoms with E-state index in [1.807, 2.05) is 72.8 Å². The van der Waals surface area contributed by atoms with E-state index in [4.69, 9.17) is 0 Å². The first-order chi connectivity index (χ1) is 18.6. The summed E-state index contributed by atoms with van der Waals surface area (Å²) in [7, 11) is 0. The summed E-state index contributed by atoms with van der Waals surface area (Å²) in [5.74, 6) is 1.35. The number of amides is 2. The molecule has 3 aromatic rings. The lowest BCUT2D eigenvalue weighted by molar-refractivity contribution is -0.112. The van der Waals surface area contributed by atoms with E-state index in [0.29, 0.717) is 0 Å². The highest BCUT2D eigenvalue weighted by molar-refractivity contribution is 6.04. The molecule has 5 rings (SSSR count). The van der Waals surface area contributed by atoms with Crippen LogP contribution in [-0.4, -0.2) is 49.7 Å². The number of nitrogens with one attached hydrogen (secondary N) is 4. The number of anilines is 2. The summed E-state index contributed by atoms with van der Waals surface area (Å²) < 4.78 is 0. The molecule has 8 nitrogen and oxygen atoms in total. The highest BCUT2D eigenvalue weighted by Crippen LogP contribution is 2.14. The van der Waals surface area contributed by atoms with Gasteiger partial charge in [0.05, 0.1) is 13.1 Å². The lowest BCUT2D eigenvalue weighted by Crippen LogP contribution is -2.19. The van der Waals surface area contributed by atoms with Crippen molar-refractivity contribution in [1.82, 2.24) is 10.6 Å². The summed E-state index contributed by atoms with van der Waals surface area (Å²) in [6.07, 6.45) is 6.49. The molecule has 0 saturated carbocycles. The van der Waals surface area contributed by atoms with Gasteiger partial charge in [0.15, 0.2) is 0 Å². The van der Waals surface area contributed by atoms with Gasteiger partial charge in [0.2, 0.25) is 11.8 Å². The Hall–Kier alpha value is -4.98. The van der Waals surface area contributed by atoms with Gasteiger partial charge in [-0.15, -0.1) is 0 Å². The van der Waals surface area contributed by atoms with Crippen molar-refractivity contribution in [1.29, 1.82) is 0 Å². The number of aliphatic imine (C=N–C) groups is 2. The van der Waals surface area contributed by atoms with Crippen LogP contribution in [0.15, 0.2) is 94.9 Å². The van der Waals surface area contributed by atoms with Crippen LogP contribution < -0.4 is 21.3 Å². The van der Waals surface area contributed by atoms with Crippen molar-refractivity contribution < 1.29 is 9.59 Å². The first-order valence-electron chi connectivity index (χ1n) is 12.5. The number of amidine groups is 2. The molecular weight excluding hydrogens is 480 g/mol. The molecule has 2 amide bonds. The van der Waals surface area contributed by atoms with Gasteiger partial charge in [0.1, 0.15) is 11.7 Å². The highest BCUT2D eigenvalue weighted by Gasteiger charge is 2.09.